The molecular formula is C24H20F2N4O2. The van der Waals surface area contributed by atoms with Gasteiger partial charge in [-0.15, -0.1) is 0 Å². The highest BCUT2D eigenvalue weighted by atomic mass is 19.1. The van der Waals surface area contributed by atoms with Gasteiger partial charge in [-0.25, -0.2) is 13.8 Å². The first-order valence-corrected chi connectivity index (χ1v) is 10.2. The summed E-state index contributed by atoms with van der Waals surface area (Å²) in [6.07, 6.45) is 1.22. The van der Waals surface area contributed by atoms with Crippen molar-refractivity contribution in [2.45, 2.75) is 12.6 Å². The van der Waals surface area contributed by atoms with Crippen molar-refractivity contribution in [2.75, 3.05) is 23.3 Å². The Kier molecular flexibility index (Phi) is 5.07. The summed E-state index contributed by atoms with van der Waals surface area (Å²) in [5.41, 5.74) is 2.19. The van der Waals surface area contributed by atoms with Crippen molar-refractivity contribution in [2.24, 2.45) is 0 Å². The van der Waals surface area contributed by atoms with Crippen LogP contribution in [0.2, 0.25) is 0 Å². The van der Waals surface area contributed by atoms with Crippen LogP contribution in [0, 0.1) is 11.6 Å². The molecule has 1 aliphatic rings. The molecule has 3 heterocycles. The number of aliphatic hydroxyl groups excluding tert-OH is 1. The third-order valence-corrected chi connectivity index (χ3v) is 5.52. The van der Waals surface area contributed by atoms with Gasteiger partial charge in [-0.1, -0.05) is 12.1 Å². The van der Waals surface area contributed by atoms with Gasteiger partial charge in [-0.05, 0) is 54.1 Å². The van der Waals surface area contributed by atoms with Crippen LogP contribution in [0.3, 0.4) is 0 Å². The number of nitrogens with zero attached hydrogens (tertiary/aromatic N) is 3. The van der Waals surface area contributed by atoms with Crippen LogP contribution in [0.5, 0.6) is 0 Å². The molecule has 1 amide bonds. The highest BCUT2D eigenvalue weighted by Gasteiger charge is 2.25. The summed E-state index contributed by atoms with van der Waals surface area (Å²) in [5, 5.41) is 12.8. The molecule has 0 atom stereocenters. The van der Waals surface area contributed by atoms with Crippen molar-refractivity contribution in [3.63, 3.8) is 0 Å². The van der Waals surface area contributed by atoms with Crippen molar-refractivity contribution in [1.29, 1.82) is 0 Å². The molecule has 1 saturated heterocycles. The number of carbonyl (C=O) groups excluding carboxylic acids is 1. The predicted octanol–water partition coefficient (Wildman–Crippen LogP) is 3.80. The topological polar surface area (TPSA) is 70.4 Å². The van der Waals surface area contributed by atoms with Gasteiger partial charge in [0.15, 0.2) is 0 Å². The van der Waals surface area contributed by atoms with Crippen molar-refractivity contribution in [3.05, 3.63) is 89.8 Å². The van der Waals surface area contributed by atoms with Crippen LogP contribution in [0.15, 0.2) is 66.9 Å². The molecule has 8 heteroatoms. The molecule has 0 saturated carbocycles. The molecule has 32 heavy (non-hydrogen) atoms. The number of fused-ring (bicyclic) bond motifs is 1. The summed E-state index contributed by atoms with van der Waals surface area (Å²) < 4.78 is 29.2. The quantitative estimate of drug-likeness (QED) is 0.501. The van der Waals surface area contributed by atoms with Gasteiger partial charge in [0, 0.05) is 30.5 Å². The van der Waals surface area contributed by atoms with Gasteiger partial charge in [-0.3, -0.25) is 4.79 Å². The summed E-state index contributed by atoms with van der Waals surface area (Å²) in [7, 11) is 0. The molecule has 0 bridgehead atoms. The molecule has 1 aliphatic heterocycles. The van der Waals surface area contributed by atoms with E-state index in [0.717, 1.165) is 5.82 Å². The third-order valence-electron chi connectivity index (χ3n) is 5.52. The van der Waals surface area contributed by atoms with Crippen molar-refractivity contribution < 1.29 is 18.7 Å². The number of anilines is 2. The van der Waals surface area contributed by atoms with Crippen LogP contribution in [0.1, 0.15) is 16.1 Å². The zero-order valence-electron chi connectivity index (χ0n) is 17.0. The Hall–Kier alpha value is -3.78. The van der Waals surface area contributed by atoms with Gasteiger partial charge in [-0.2, -0.15) is 0 Å². The Balaban J connectivity index is 1.44. The fourth-order valence-corrected chi connectivity index (χ4v) is 3.90. The average molecular weight is 434 g/mol. The van der Waals surface area contributed by atoms with Crippen LogP contribution < -0.4 is 10.2 Å². The predicted molar refractivity (Wildman–Crippen MR) is 118 cm³/mol. The molecule has 0 aliphatic carbocycles. The lowest BCUT2D eigenvalue weighted by Gasteiger charge is -2.36. The number of hydrogen-bond acceptors (Lipinski definition) is 4. The maximum absolute atomic E-state index is 13.8. The number of hydrogen-bond donors (Lipinski definition) is 2. The number of aromatic nitrogens is 2. The molecule has 2 N–H and O–H groups in total. The highest BCUT2D eigenvalue weighted by Crippen LogP contribution is 2.25. The van der Waals surface area contributed by atoms with E-state index in [4.69, 9.17) is 0 Å². The molecule has 162 valence electrons. The van der Waals surface area contributed by atoms with E-state index in [2.05, 4.69) is 10.3 Å². The Labute approximate surface area is 182 Å². The third kappa shape index (κ3) is 3.92. The Morgan fingerprint density at radius 1 is 1.06 bits per heavy atom. The first-order valence-electron chi connectivity index (χ1n) is 10.2. The Bertz CT molecular complexity index is 1300. The second kappa shape index (κ2) is 8.05. The number of nitrogens with one attached hydrogen (secondary N) is 1. The summed E-state index contributed by atoms with van der Waals surface area (Å²) in [4.78, 5) is 19.4. The van der Waals surface area contributed by atoms with Gasteiger partial charge in [0.2, 0.25) is 0 Å². The highest BCUT2D eigenvalue weighted by molar-refractivity contribution is 6.06. The lowest BCUT2D eigenvalue weighted by atomic mass is 10.2. The van der Waals surface area contributed by atoms with Crippen molar-refractivity contribution >= 4 is 28.3 Å². The van der Waals surface area contributed by atoms with E-state index in [0.29, 0.717) is 40.9 Å². The molecule has 0 spiro atoms. The molecule has 5 rings (SSSR count). The van der Waals surface area contributed by atoms with Gasteiger partial charge in [0.25, 0.3) is 5.91 Å². The summed E-state index contributed by atoms with van der Waals surface area (Å²) in [6, 6.07) is 15.6. The Morgan fingerprint density at radius 3 is 2.59 bits per heavy atom. The van der Waals surface area contributed by atoms with Gasteiger partial charge >= 0.3 is 0 Å². The fourth-order valence-electron chi connectivity index (χ4n) is 3.90. The first-order chi connectivity index (χ1) is 15.5. The largest absolute Gasteiger partial charge is 0.389 e. The van der Waals surface area contributed by atoms with E-state index in [9.17, 15) is 18.7 Å². The van der Waals surface area contributed by atoms with Crippen LogP contribution >= 0.6 is 0 Å². The molecule has 1 fully saturated rings. The van der Waals surface area contributed by atoms with Gasteiger partial charge in [0.1, 0.15) is 23.1 Å². The number of amides is 1. The molecule has 6 nitrogen and oxygen atoms in total. The lowest BCUT2D eigenvalue weighted by Crippen LogP contribution is -2.51. The molecule has 2 aromatic carbocycles. The van der Waals surface area contributed by atoms with Crippen molar-refractivity contribution in [3.8, 4) is 0 Å². The summed E-state index contributed by atoms with van der Waals surface area (Å²) >= 11 is 0. The van der Waals surface area contributed by atoms with E-state index in [-0.39, 0.29) is 24.4 Å². The minimum Gasteiger partial charge on any atom is -0.389 e. The zero-order valence-corrected chi connectivity index (χ0v) is 17.0. The van der Waals surface area contributed by atoms with E-state index >= 15 is 0 Å². The van der Waals surface area contributed by atoms with E-state index in [1.165, 1.54) is 24.3 Å². The van der Waals surface area contributed by atoms with Crippen LogP contribution in [0.25, 0.3) is 10.9 Å². The minimum absolute atomic E-state index is 0.254. The number of β-amino-alcohol motifs (C(OH)–C–C–N with tert-alkyl or cyclic N) is 1. The number of benzene rings is 2. The normalized spacial score (nSPS) is 13.9. The van der Waals surface area contributed by atoms with E-state index < -0.39 is 5.82 Å². The van der Waals surface area contributed by atoms with Gasteiger partial charge in [0.05, 0.1) is 18.0 Å². The molecule has 2 aromatic heterocycles. The monoisotopic (exact) mass is 434 g/mol. The Morgan fingerprint density at radius 2 is 1.88 bits per heavy atom. The molecule has 4 aromatic rings. The van der Waals surface area contributed by atoms with Crippen molar-refractivity contribution in [1.82, 2.24) is 9.55 Å². The second-order valence-corrected chi connectivity index (χ2v) is 7.87. The number of aliphatic hydroxyl groups is 1. The summed E-state index contributed by atoms with van der Waals surface area (Å²) in [5.74, 6) is -0.420. The number of pyridine rings is 1. The van der Waals surface area contributed by atoms with E-state index in [1.807, 2.05) is 4.90 Å². The molecule has 0 unspecified atom stereocenters. The standard InChI is InChI=1S/C24H20F2N4O2/c25-17-3-1-2-15(8-17)12-30-21-6-4-18(26)9-16(21)10-22(30)24(32)28-19-5-7-23(27-11-19)29-13-20(31)14-29/h1-11,20,31H,12-14H2,(H,28,32). The molecule has 0 radical (unpaired) electrons. The number of carbonyl (C=O) groups is 1. The van der Waals surface area contributed by atoms with Gasteiger partial charge < -0.3 is 19.9 Å². The number of halogens is 2. The van der Waals surface area contributed by atoms with E-state index in [1.54, 1.807) is 47.2 Å². The zero-order chi connectivity index (χ0) is 22.2. The van der Waals surface area contributed by atoms with Crippen LogP contribution in [-0.4, -0.2) is 39.8 Å². The second-order valence-electron chi connectivity index (χ2n) is 7.87. The average Bonchev–Trinajstić information content (AvgIpc) is 3.09. The fraction of sp³-hybridized carbons (Fsp3) is 0.167. The minimum atomic E-state index is -0.400. The SMILES string of the molecule is O=C(Nc1ccc(N2CC(O)C2)nc1)c1cc2cc(F)ccc2n1Cc1cccc(F)c1. The number of rotatable bonds is 5. The maximum atomic E-state index is 13.8. The summed E-state index contributed by atoms with van der Waals surface area (Å²) in [6.45, 7) is 1.33. The first kappa shape index (κ1) is 20.1. The lowest BCUT2D eigenvalue weighted by molar-refractivity contribution is 0.101. The van der Waals surface area contributed by atoms with Crippen LogP contribution in [-0.2, 0) is 6.54 Å². The molecular weight excluding hydrogens is 414 g/mol. The van der Waals surface area contributed by atoms with Crippen LogP contribution in [0.4, 0.5) is 20.3 Å². The maximum Gasteiger partial charge on any atom is 0.272 e. The smallest absolute Gasteiger partial charge is 0.272 e.